The van der Waals surface area contributed by atoms with Crippen LogP contribution in [0.25, 0.3) is 38.6 Å². The number of imide groups is 1. The van der Waals surface area contributed by atoms with Gasteiger partial charge in [-0.05, 0) is 90.9 Å². The standard InChI is InChI=1S/C46H53FN8O5/c1-28(2)44(58)54-19-7-9-31(27-54)34-25-33(35-26-36(45(59)50(3)4)48-42(35)41(34)47)30-11-13-32(14-12-30)53-22-20-52(21-23-53)18-6-8-29-10-15-37-39(24-29)51(5)46(60)55(37)38-16-17-40(56)49-43(38)57/h9-15,24-26,28,38,48H,6-8,16-23,27H2,1-5H3,(H,49,56,57). The van der Waals surface area contributed by atoms with E-state index in [9.17, 15) is 24.0 Å². The van der Waals surface area contributed by atoms with Crippen molar-refractivity contribution in [2.75, 3.05) is 64.8 Å². The third-order valence-electron chi connectivity index (χ3n) is 12.3. The number of rotatable bonds is 10. The van der Waals surface area contributed by atoms with Crippen molar-refractivity contribution in [3.05, 3.63) is 93.8 Å². The Morgan fingerprint density at radius 2 is 1.67 bits per heavy atom. The quantitative estimate of drug-likeness (QED) is 0.182. The molecule has 3 aromatic carbocycles. The summed E-state index contributed by atoms with van der Waals surface area (Å²) in [5.74, 6) is -1.52. The van der Waals surface area contributed by atoms with Gasteiger partial charge in [0.05, 0.1) is 16.6 Å². The van der Waals surface area contributed by atoms with E-state index >= 15 is 4.39 Å². The van der Waals surface area contributed by atoms with Gasteiger partial charge in [0.2, 0.25) is 17.7 Å². The normalized spacial score (nSPS) is 17.8. The summed E-state index contributed by atoms with van der Waals surface area (Å²) in [6.45, 7) is 9.22. The Morgan fingerprint density at radius 3 is 2.37 bits per heavy atom. The summed E-state index contributed by atoms with van der Waals surface area (Å²) >= 11 is 0. The number of piperidine rings is 1. The fraction of sp³-hybridized carbons (Fsp3) is 0.413. The molecule has 5 aromatic rings. The van der Waals surface area contributed by atoms with Gasteiger partial charge >= 0.3 is 5.69 Å². The number of carbonyl (C=O) groups is 4. The summed E-state index contributed by atoms with van der Waals surface area (Å²) in [4.78, 5) is 74.6. The van der Waals surface area contributed by atoms with Gasteiger partial charge in [0.25, 0.3) is 5.91 Å². The van der Waals surface area contributed by atoms with Crippen LogP contribution >= 0.6 is 0 Å². The Balaban J connectivity index is 0.933. The fourth-order valence-corrected chi connectivity index (χ4v) is 8.96. The van der Waals surface area contributed by atoms with Crippen LogP contribution in [0.5, 0.6) is 0 Å². The number of piperazine rings is 1. The molecule has 0 radical (unpaired) electrons. The molecular weight excluding hydrogens is 764 g/mol. The smallest absolute Gasteiger partial charge is 0.329 e. The summed E-state index contributed by atoms with van der Waals surface area (Å²) in [7, 11) is 5.06. The van der Waals surface area contributed by atoms with Gasteiger partial charge in [0, 0.05) is 89.4 Å². The molecule has 2 aromatic heterocycles. The van der Waals surface area contributed by atoms with Gasteiger partial charge < -0.3 is 19.7 Å². The van der Waals surface area contributed by atoms with Crippen LogP contribution in [0.2, 0.25) is 0 Å². The van der Waals surface area contributed by atoms with Crippen LogP contribution in [-0.2, 0) is 27.9 Å². The first-order valence-corrected chi connectivity index (χ1v) is 21.0. The average molecular weight is 817 g/mol. The van der Waals surface area contributed by atoms with Crippen molar-refractivity contribution in [3.8, 4) is 11.1 Å². The van der Waals surface area contributed by atoms with E-state index in [-0.39, 0.29) is 41.3 Å². The molecule has 314 valence electrons. The number of imidazole rings is 1. The van der Waals surface area contributed by atoms with E-state index in [0.717, 1.165) is 79.0 Å². The third kappa shape index (κ3) is 7.76. The van der Waals surface area contributed by atoms with Crippen LogP contribution in [0, 0.1) is 11.7 Å². The second-order valence-corrected chi connectivity index (χ2v) is 16.9. The molecule has 3 aliphatic rings. The van der Waals surface area contributed by atoms with Crippen molar-refractivity contribution < 1.29 is 23.6 Å². The number of amides is 4. The number of H-pyrrole nitrogens is 1. The number of aryl methyl sites for hydroxylation is 2. The number of aromatic amines is 1. The van der Waals surface area contributed by atoms with E-state index in [1.807, 2.05) is 44.2 Å². The number of hydrogen-bond donors (Lipinski definition) is 2. The maximum atomic E-state index is 16.4. The molecule has 0 bridgehead atoms. The predicted molar refractivity (Wildman–Crippen MR) is 231 cm³/mol. The van der Waals surface area contributed by atoms with E-state index in [2.05, 4.69) is 44.4 Å². The lowest BCUT2D eigenvalue weighted by molar-refractivity contribution is -0.136. The monoisotopic (exact) mass is 816 g/mol. The summed E-state index contributed by atoms with van der Waals surface area (Å²) < 4.78 is 19.5. The number of hydrogen-bond acceptors (Lipinski definition) is 7. The molecule has 8 rings (SSSR count). The second kappa shape index (κ2) is 16.6. The number of aromatic nitrogens is 3. The third-order valence-corrected chi connectivity index (χ3v) is 12.3. The number of fused-ring (bicyclic) bond motifs is 2. The van der Waals surface area contributed by atoms with E-state index < -0.39 is 17.8 Å². The number of anilines is 1. The Hall–Kier alpha value is -6.02. The largest absolute Gasteiger partial charge is 0.369 e. The molecule has 13 nitrogen and oxygen atoms in total. The molecule has 0 aliphatic carbocycles. The predicted octanol–water partition coefficient (Wildman–Crippen LogP) is 5.33. The highest BCUT2D eigenvalue weighted by molar-refractivity contribution is 6.05. The van der Waals surface area contributed by atoms with Crippen molar-refractivity contribution in [1.82, 2.24) is 34.1 Å². The van der Waals surface area contributed by atoms with Crippen molar-refractivity contribution in [2.45, 2.75) is 52.0 Å². The molecule has 2 N–H and O–H groups in total. The first-order chi connectivity index (χ1) is 28.8. The number of nitrogens with one attached hydrogen (secondary N) is 2. The Labute approximate surface area is 348 Å². The van der Waals surface area contributed by atoms with Crippen molar-refractivity contribution >= 4 is 56.8 Å². The minimum atomic E-state index is -0.699. The highest BCUT2D eigenvalue weighted by Gasteiger charge is 2.32. The molecule has 4 amide bonds. The zero-order valence-electron chi connectivity index (χ0n) is 35.0. The number of halogens is 1. The minimum Gasteiger partial charge on any atom is -0.369 e. The van der Waals surface area contributed by atoms with Gasteiger partial charge in [0.1, 0.15) is 11.7 Å². The summed E-state index contributed by atoms with van der Waals surface area (Å²) in [5.41, 5.74) is 6.93. The van der Waals surface area contributed by atoms with Crippen molar-refractivity contribution in [3.63, 3.8) is 0 Å². The maximum Gasteiger partial charge on any atom is 0.329 e. The fourth-order valence-electron chi connectivity index (χ4n) is 8.96. The van der Waals surface area contributed by atoms with Crippen LogP contribution in [0.3, 0.4) is 0 Å². The van der Waals surface area contributed by atoms with Gasteiger partial charge in [-0.25, -0.2) is 9.18 Å². The van der Waals surface area contributed by atoms with Gasteiger partial charge in [-0.1, -0.05) is 38.1 Å². The average Bonchev–Trinajstić information content (AvgIpc) is 3.80. The molecule has 3 aliphatic heterocycles. The van der Waals surface area contributed by atoms with E-state index in [1.54, 1.807) is 36.7 Å². The Morgan fingerprint density at radius 1 is 0.917 bits per heavy atom. The SMILES string of the molecule is CC(C)C(=O)N1CCC=C(c2cc(-c3ccc(N4CCN(CCCc5ccc6c(c5)n(C)c(=O)n6C5CCC(=O)NC5=O)CC4)cc3)c3cc(C(=O)N(C)C)[nH]c3c2F)C1. The zero-order chi connectivity index (χ0) is 42.4. The Kier molecular flexibility index (Phi) is 11.2. The minimum absolute atomic E-state index is 0.0445. The lowest BCUT2D eigenvalue weighted by Crippen LogP contribution is -2.46. The Bertz CT molecular complexity index is 2590. The molecule has 60 heavy (non-hydrogen) atoms. The van der Waals surface area contributed by atoms with E-state index in [0.29, 0.717) is 48.1 Å². The summed E-state index contributed by atoms with van der Waals surface area (Å²) in [5, 5.41) is 2.99. The van der Waals surface area contributed by atoms with Gasteiger partial charge in [-0.2, -0.15) is 0 Å². The topological polar surface area (TPSA) is 136 Å². The van der Waals surface area contributed by atoms with Gasteiger partial charge in [0.15, 0.2) is 5.82 Å². The number of carbonyl (C=O) groups excluding carboxylic acids is 4. The van der Waals surface area contributed by atoms with Crippen LogP contribution < -0.4 is 15.9 Å². The second-order valence-electron chi connectivity index (χ2n) is 16.9. The van der Waals surface area contributed by atoms with Crippen LogP contribution in [0.4, 0.5) is 10.1 Å². The highest BCUT2D eigenvalue weighted by atomic mass is 19.1. The van der Waals surface area contributed by atoms with Crippen LogP contribution in [0.1, 0.15) is 67.2 Å². The zero-order valence-corrected chi connectivity index (χ0v) is 35.0. The van der Waals surface area contributed by atoms with Crippen LogP contribution in [0.15, 0.2) is 65.5 Å². The lowest BCUT2D eigenvalue weighted by Gasteiger charge is -2.36. The molecule has 2 fully saturated rings. The number of benzene rings is 3. The first kappa shape index (κ1) is 40.7. The van der Waals surface area contributed by atoms with Crippen molar-refractivity contribution in [2.24, 2.45) is 13.0 Å². The molecule has 2 saturated heterocycles. The maximum absolute atomic E-state index is 16.4. The van der Waals surface area contributed by atoms with Crippen LogP contribution in [-0.4, -0.2) is 112 Å². The molecule has 14 heteroatoms. The van der Waals surface area contributed by atoms with Crippen molar-refractivity contribution in [1.29, 1.82) is 0 Å². The summed E-state index contributed by atoms with van der Waals surface area (Å²) in [6.07, 6.45) is 4.99. The van der Waals surface area contributed by atoms with Gasteiger partial charge in [-0.3, -0.25) is 38.5 Å². The first-order valence-electron chi connectivity index (χ1n) is 21.0. The highest BCUT2D eigenvalue weighted by Crippen LogP contribution is 2.38. The number of nitrogens with zero attached hydrogens (tertiary/aromatic N) is 6. The molecule has 1 unspecified atom stereocenters. The molecule has 0 saturated carbocycles. The molecular formula is C46H53FN8O5. The molecule has 1 atom stereocenters. The van der Waals surface area contributed by atoms with E-state index in [1.165, 1.54) is 9.47 Å². The summed E-state index contributed by atoms with van der Waals surface area (Å²) in [6, 6.07) is 17.2. The van der Waals surface area contributed by atoms with Gasteiger partial charge in [-0.15, -0.1) is 0 Å². The molecule has 0 spiro atoms. The lowest BCUT2D eigenvalue weighted by atomic mass is 9.93. The van der Waals surface area contributed by atoms with E-state index in [4.69, 9.17) is 0 Å². The molecule has 5 heterocycles.